The molecule has 0 aromatic heterocycles. The summed E-state index contributed by atoms with van der Waals surface area (Å²) in [6, 6.07) is 13.5. The van der Waals surface area contributed by atoms with E-state index < -0.39 is 0 Å². The average molecular weight is 291 g/mol. The molecule has 22 heavy (non-hydrogen) atoms. The second kappa shape index (κ2) is 5.45. The molecular weight excluding hydrogens is 273 g/mol. The third kappa shape index (κ3) is 2.35. The van der Waals surface area contributed by atoms with Gasteiger partial charge in [-0.25, -0.2) is 4.39 Å². The Morgan fingerprint density at radius 1 is 1.14 bits per heavy atom. The highest BCUT2D eigenvalue weighted by atomic mass is 19.1. The maximum atomic E-state index is 13.7. The van der Waals surface area contributed by atoms with Gasteiger partial charge in [0.05, 0.1) is 0 Å². The minimum absolute atomic E-state index is 0.154. The zero-order valence-electron chi connectivity index (χ0n) is 12.4. The molecule has 0 saturated carbocycles. The summed E-state index contributed by atoms with van der Waals surface area (Å²) in [5.41, 5.74) is 6.13. The van der Waals surface area contributed by atoms with Crippen LogP contribution >= 0.6 is 0 Å². The van der Waals surface area contributed by atoms with Crippen molar-refractivity contribution in [2.75, 3.05) is 5.32 Å². The molecule has 2 aromatic carbocycles. The molecule has 0 aliphatic heterocycles. The molecule has 0 bridgehead atoms. The summed E-state index contributed by atoms with van der Waals surface area (Å²) < 4.78 is 13.7. The Morgan fingerprint density at radius 3 is 2.95 bits per heavy atom. The molecule has 2 aliphatic carbocycles. The van der Waals surface area contributed by atoms with Crippen molar-refractivity contribution in [2.45, 2.75) is 25.3 Å². The maximum Gasteiger partial charge on any atom is 0.128 e. The van der Waals surface area contributed by atoms with Crippen molar-refractivity contribution < 1.29 is 4.39 Å². The standard InChI is InChI=1S/C20H18FN/c21-20-8-4-2-6-15(20)13-22-17-9-10-19-16(12-17)11-14-5-1-3-7-18(14)19/h1-6,8-10,12,18,22H,7,11,13H2. The number of anilines is 1. The quantitative estimate of drug-likeness (QED) is 0.842. The number of rotatable bonds is 3. The van der Waals surface area contributed by atoms with E-state index in [-0.39, 0.29) is 5.82 Å². The number of fused-ring (bicyclic) bond motifs is 3. The van der Waals surface area contributed by atoms with Crippen molar-refractivity contribution in [3.63, 3.8) is 0 Å². The Hall–Kier alpha value is -2.35. The summed E-state index contributed by atoms with van der Waals surface area (Å²) in [6.45, 7) is 0.513. The molecular formula is C20H18FN. The van der Waals surface area contributed by atoms with Crippen LogP contribution in [0.15, 0.2) is 66.3 Å². The Morgan fingerprint density at radius 2 is 2.05 bits per heavy atom. The van der Waals surface area contributed by atoms with E-state index in [1.165, 1.54) is 22.8 Å². The first-order valence-electron chi connectivity index (χ1n) is 7.77. The van der Waals surface area contributed by atoms with E-state index in [4.69, 9.17) is 0 Å². The van der Waals surface area contributed by atoms with Gasteiger partial charge in [0.1, 0.15) is 5.82 Å². The maximum absolute atomic E-state index is 13.7. The summed E-state index contributed by atoms with van der Waals surface area (Å²) >= 11 is 0. The van der Waals surface area contributed by atoms with E-state index in [2.05, 4.69) is 41.7 Å². The van der Waals surface area contributed by atoms with Crippen molar-refractivity contribution in [1.82, 2.24) is 0 Å². The molecule has 0 heterocycles. The van der Waals surface area contributed by atoms with E-state index >= 15 is 0 Å². The van der Waals surface area contributed by atoms with Crippen LogP contribution in [0.3, 0.4) is 0 Å². The number of halogens is 1. The van der Waals surface area contributed by atoms with Crippen molar-refractivity contribution in [2.24, 2.45) is 0 Å². The van der Waals surface area contributed by atoms with Crippen LogP contribution in [0, 0.1) is 5.82 Å². The van der Waals surface area contributed by atoms with E-state index in [0.717, 1.165) is 18.5 Å². The molecule has 1 unspecified atom stereocenters. The van der Waals surface area contributed by atoms with Crippen LogP contribution < -0.4 is 5.32 Å². The van der Waals surface area contributed by atoms with Crippen molar-refractivity contribution >= 4 is 5.69 Å². The lowest BCUT2D eigenvalue weighted by Crippen LogP contribution is -2.02. The second-order valence-electron chi connectivity index (χ2n) is 5.99. The minimum atomic E-state index is -0.154. The van der Waals surface area contributed by atoms with Gasteiger partial charge in [-0.3, -0.25) is 0 Å². The summed E-state index contributed by atoms with van der Waals surface area (Å²) in [5, 5.41) is 3.34. The largest absolute Gasteiger partial charge is 0.381 e. The Kier molecular flexibility index (Phi) is 3.30. The lowest BCUT2D eigenvalue weighted by atomic mass is 9.91. The third-order valence-corrected chi connectivity index (χ3v) is 4.62. The molecule has 0 spiro atoms. The minimum Gasteiger partial charge on any atom is -0.381 e. The SMILES string of the molecule is Fc1ccccc1CNc1ccc2c(c1)CC1=CC=CCC12. The lowest BCUT2D eigenvalue weighted by molar-refractivity contribution is 0.613. The summed E-state index contributed by atoms with van der Waals surface area (Å²) in [5.74, 6) is 0.416. The molecule has 2 heteroatoms. The topological polar surface area (TPSA) is 12.0 Å². The van der Waals surface area contributed by atoms with Crippen LogP contribution in [-0.2, 0) is 13.0 Å². The predicted octanol–water partition coefficient (Wildman–Crippen LogP) is 4.96. The van der Waals surface area contributed by atoms with Gasteiger partial charge >= 0.3 is 0 Å². The van der Waals surface area contributed by atoms with Gasteiger partial charge < -0.3 is 5.32 Å². The smallest absolute Gasteiger partial charge is 0.128 e. The normalized spacial score (nSPS) is 18.6. The number of allylic oxidation sites excluding steroid dienone is 4. The van der Waals surface area contributed by atoms with E-state index in [9.17, 15) is 4.39 Å². The average Bonchev–Trinajstić information content (AvgIpc) is 2.92. The summed E-state index contributed by atoms with van der Waals surface area (Å²) in [6.07, 6.45) is 8.81. The Bertz CT molecular complexity index is 773. The highest BCUT2D eigenvalue weighted by Gasteiger charge is 2.27. The highest BCUT2D eigenvalue weighted by Crippen LogP contribution is 2.42. The number of hydrogen-bond acceptors (Lipinski definition) is 1. The van der Waals surface area contributed by atoms with Crippen LogP contribution in [-0.4, -0.2) is 0 Å². The fraction of sp³-hybridized carbons (Fsp3) is 0.200. The highest BCUT2D eigenvalue weighted by molar-refractivity contribution is 5.56. The van der Waals surface area contributed by atoms with Crippen LogP contribution in [0.5, 0.6) is 0 Å². The van der Waals surface area contributed by atoms with Crippen LogP contribution in [0.4, 0.5) is 10.1 Å². The fourth-order valence-corrected chi connectivity index (χ4v) is 3.45. The van der Waals surface area contributed by atoms with Gasteiger partial charge in [0.15, 0.2) is 0 Å². The van der Waals surface area contributed by atoms with Gasteiger partial charge in [-0.1, -0.05) is 48.1 Å². The number of hydrogen-bond donors (Lipinski definition) is 1. The van der Waals surface area contributed by atoms with Crippen LogP contribution in [0.25, 0.3) is 0 Å². The molecule has 1 atom stereocenters. The van der Waals surface area contributed by atoms with Gasteiger partial charge in [0.25, 0.3) is 0 Å². The van der Waals surface area contributed by atoms with Gasteiger partial charge in [0.2, 0.25) is 0 Å². The molecule has 2 aliphatic rings. The van der Waals surface area contributed by atoms with E-state index in [0.29, 0.717) is 18.0 Å². The fourth-order valence-electron chi connectivity index (χ4n) is 3.45. The van der Waals surface area contributed by atoms with Crippen molar-refractivity contribution in [3.8, 4) is 0 Å². The molecule has 1 nitrogen and oxygen atoms in total. The van der Waals surface area contributed by atoms with Gasteiger partial charge in [-0.15, -0.1) is 0 Å². The summed E-state index contributed by atoms with van der Waals surface area (Å²) in [7, 11) is 0. The molecule has 0 fully saturated rings. The molecule has 4 rings (SSSR count). The predicted molar refractivity (Wildman–Crippen MR) is 88.5 cm³/mol. The number of benzene rings is 2. The lowest BCUT2D eigenvalue weighted by Gasteiger charge is -2.14. The first-order chi connectivity index (χ1) is 10.8. The molecule has 110 valence electrons. The molecule has 1 N–H and O–H groups in total. The molecule has 0 amide bonds. The van der Waals surface area contributed by atoms with Crippen LogP contribution in [0.1, 0.15) is 29.0 Å². The Balaban J connectivity index is 1.53. The van der Waals surface area contributed by atoms with E-state index in [1.54, 1.807) is 6.07 Å². The van der Waals surface area contributed by atoms with Crippen molar-refractivity contribution in [3.05, 3.63) is 88.8 Å². The zero-order chi connectivity index (χ0) is 14.9. The Labute approximate surface area is 130 Å². The monoisotopic (exact) mass is 291 g/mol. The summed E-state index contributed by atoms with van der Waals surface area (Å²) in [4.78, 5) is 0. The third-order valence-electron chi connectivity index (χ3n) is 4.62. The second-order valence-corrected chi connectivity index (χ2v) is 5.99. The first kappa shape index (κ1) is 13.3. The van der Waals surface area contributed by atoms with Crippen LogP contribution in [0.2, 0.25) is 0 Å². The van der Waals surface area contributed by atoms with Gasteiger partial charge in [0, 0.05) is 23.7 Å². The first-order valence-corrected chi connectivity index (χ1v) is 7.77. The van der Waals surface area contributed by atoms with E-state index in [1.807, 2.05) is 12.1 Å². The van der Waals surface area contributed by atoms with Crippen molar-refractivity contribution in [1.29, 1.82) is 0 Å². The van der Waals surface area contributed by atoms with Gasteiger partial charge in [-0.05, 0) is 42.2 Å². The molecule has 0 saturated heterocycles. The number of nitrogens with one attached hydrogen (secondary N) is 1. The van der Waals surface area contributed by atoms with Gasteiger partial charge in [-0.2, -0.15) is 0 Å². The molecule has 0 radical (unpaired) electrons. The zero-order valence-corrected chi connectivity index (χ0v) is 12.4. The molecule has 2 aromatic rings.